The highest BCUT2D eigenvalue weighted by molar-refractivity contribution is 5.98. The van der Waals surface area contributed by atoms with Gasteiger partial charge in [-0.25, -0.2) is 9.78 Å². The maximum Gasteiger partial charge on any atom is 0.340 e. The van der Waals surface area contributed by atoms with Crippen LogP contribution < -0.4 is 4.74 Å². The Morgan fingerprint density at radius 3 is 2.52 bits per heavy atom. The standard InChI is InChI=1S/C23H23NO5/c1-14-9-10-20(27-3)16(11-14)12-21(25)29-13-19-22(23(26)28-4)15(2)17-7-5-6-8-18(17)24-19/h5-11H,12-13H2,1-4H3. The van der Waals surface area contributed by atoms with Crippen LogP contribution in [0, 0.1) is 13.8 Å². The lowest BCUT2D eigenvalue weighted by molar-refractivity contribution is -0.144. The van der Waals surface area contributed by atoms with Gasteiger partial charge in [0.05, 0.1) is 37.4 Å². The molecule has 0 amide bonds. The molecule has 0 unspecified atom stereocenters. The molecule has 0 spiro atoms. The molecule has 6 heteroatoms. The van der Waals surface area contributed by atoms with Gasteiger partial charge in [-0.1, -0.05) is 35.9 Å². The first-order valence-corrected chi connectivity index (χ1v) is 9.20. The fraction of sp³-hybridized carbons (Fsp3) is 0.261. The molecule has 0 aliphatic heterocycles. The van der Waals surface area contributed by atoms with Crippen LogP contribution >= 0.6 is 0 Å². The predicted molar refractivity (Wildman–Crippen MR) is 109 cm³/mol. The Morgan fingerprint density at radius 2 is 1.79 bits per heavy atom. The summed E-state index contributed by atoms with van der Waals surface area (Å²) in [5.74, 6) is -0.313. The van der Waals surface area contributed by atoms with Gasteiger partial charge < -0.3 is 14.2 Å². The number of carbonyl (C=O) groups is 2. The molecule has 0 saturated carbocycles. The molecule has 0 bridgehead atoms. The van der Waals surface area contributed by atoms with E-state index in [1.807, 2.05) is 56.3 Å². The van der Waals surface area contributed by atoms with E-state index < -0.39 is 11.9 Å². The number of methoxy groups -OCH3 is 2. The zero-order valence-electron chi connectivity index (χ0n) is 16.9. The average molecular weight is 393 g/mol. The van der Waals surface area contributed by atoms with Gasteiger partial charge in [0, 0.05) is 10.9 Å². The van der Waals surface area contributed by atoms with E-state index in [-0.39, 0.29) is 13.0 Å². The van der Waals surface area contributed by atoms with Crippen LogP contribution in [0.3, 0.4) is 0 Å². The number of aromatic nitrogens is 1. The molecular weight excluding hydrogens is 370 g/mol. The molecule has 1 heterocycles. The number of ether oxygens (including phenoxy) is 3. The van der Waals surface area contributed by atoms with Crippen molar-refractivity contribution in [2.24, 2.45) is 0 Å². The second-order valence-electron chi connectivity index (χ2n) is 6.72. The van der Waals surface area contributed by atoms with Gasteiger partial charge in [-0.05, 0) is 31.5 Å². The van der Waals surface area contributed by atoms with Gasteiger partial charge in [-0.3, -0.25) is 4.79 Å². The summed E-state index contributed by atoms with van der Waals surface area (Å²) in [5, 5.41) is 0.854. The SMILES string of the molecule is COC(=O)c1c(COC(=O)Cc2cc(C)ccc2OC)nc2ccccc2c1C. The molecule has 3 rings (SSSR count). The molecule has 0 N–H and O–H groups in total. The Kier molecular flexibility index (Phi) is 6.12. The summed E-state index contributed by atoms with van der Waals surface area (Å²) in [5.41, 5.74) is 3.93. The first kappa shape index (κ1) is 20.3. The number of nitrogens with zero attached hydrogens (tertiary/aromatic N) is 1. The van der Waals surface area contributed by atoms with Crippen LogP contribution in [0.4, 0.5) is 0 Å². The lowest BCUT2D eigenvalue weighted by Gasteiger charge is -2.14. The molecule has 2 aromatic carbocycles. The first-order valence-electron chi connectivity index (χ1n) is 9.20. The lowest BCUT2D eigenvalue weighted by Crippen LogP contribution is -2.15. The van der Waals surface area contributed by atoms with Crippen molar-refractivity contribution in [2.45, 2.75) is 26.9 Å². The number of benzene rings is 2. The molecule has 29 heavy (non-hydrogen) atoms. The minimum Gasteiger partial charge on any atom is -0.496 e. The van der Waals surface area contributed by atoms with Gasteiger partial charge in [0.25, 0.3) is 0 Å². The van der Waals surface area contributed by atoms with Crippen LogP contribution in [-0.4, -0.2) is 31.1 Å². The largest absolute Gasteiger partial charge is 0.496 e. The predicted octanol–water partition coefficient (Wildman–Crippen LogP) is 3.93. The van der Waals surface area contributed by atoms with E-state index >= 15 is 0 Å². The van der Waals surface area contributed by atoms with Crippen LogP contribution in [0.15, 0.2) is 42.5 Å². The van der Waals surface area contributed by atoms with Crippen molar-refractivity contribution >= 4 is 22.8 Å². The topological polar surface area (TPSA) is 74.7 Å². The van der Waals surface area contributed by atoms with Crippen molar-refractivity contribution in [3.8, 4) is 5.75 Å². The molecule has 0 atom stereocenters. The highest BCUT2D eigenvalue weighted by Gasteiger charge is 2.21. The molecule has 6 nitrogen and oxygen atoms in total. The molecule has 0 saturated heterocycles. The quantitative estimate of drug-likeness (QED) is 0.591. The zero-order valence-corrected chi connectivity index (χ0v) is 16.9. The number of para-hydroxylation sites is 1. The zero-order chi connectivity index (χ0) is 21.0. The van der Waals surface area contributed by atoms with Crippen molar-refractivity contribution < 1.29 is 23.8 Å². The average Bonchev–Trinajstić information content (AvgIpc) is 2.72. The van der Waals surface area contributed by atoms with E-state index in [0.717, 1.165) is 27.6 Å². The summed E-state index contributed by atoms with van der Waals surface area (Å²) < 4.78 is 15.7. The van der Waals surface area contributed by atoms with Crippen LogP contribution in [0.25, 0.3) is 10.9 Å². The van der Waals surface area contributed by atoms with Crippen molar-refractivity contribution in [1.29, 1.82) is 0 Å². The summed E-state index contributed by atoms with van der Waals surface area (Å²) in [4.78, 5) is 29.3. The minimum atomic E-state index is -0.507. The van der Waals surface area contributed by atoms with E-state index in [2.05, 4.69) is 4.98 Å². The highest BCUT2D eigenvalue weighted by Crippen LogP contribution is 2.25. The van der Waals surface area contributed by atoms with E-state index in [0.29, 0.717) is 17.0 Å². The highest BCUT2D eigenvalue weighted by atomic mass is 16.5. The minimum absolute atomic E-state index is 0.0605. The Bertz CT molecular complexity index is 1070. The number of aryl methyl sites for hydroxylation is 2. The van der Waals surface area contributed by atoms with Gasteiger partial charge in [-0.2, -0.15) is 0 Å². The van der Waals surface area contributed by atoms with E-state index in [1.54, 1.807) is 7.11 Å². The fourth-order valence-electron chi connectivity index (χ4n) is 3.32. The van der Waals surface area contributed by atoms with Crippen molar-refractivity contribution in [1.82, 2.24) is 4.98 Å². The van der Waals surface area contributed by atoms with Crippen LogP contribution in [-0.2, 0) is 27.3 Å². The molecule has 3 aromatic rings. The van der Waals surface area contributed by atoms with Gasteiger partial charge >= 0.3 is 11.9 Å². The number of carbonyl (C=O) groups excluding carboxylic acids is 2. The third-order valence-electron chi connectivity index (χ3n) is 4.76. The normalized spacial score (nSPS) is 10.6. The van der Waals surface area contributed by atoms with Crippen molar-refractivity contribution in [2.75, 3.05) is 14.2 Å². The summed E-state index contributed by atoms with van der Waals surface area (Å²) in [7, 11) is 2.88. The Balaban J connectivity index is 1.85. The number of esters is 2. The Hall–Kier alpha value is -3.41. The molecule has 0 aliphatic carbocycles. The number of rotatable bonds is 6. The van der Waals surface area contributed by atoms with Gasteiger partial charge in [0.1, 0.15) is 12.4 Å². The van der Waals surface area contributed by atoms with Crippen molar-refractivity contribution in [3.05, 3.63) is 70.4 Å². The van der Waals surface area contributed by atoms with Crippen LogP contribution in [0.5, 0.6) is 5.75 Å². The molecule has 1 aromatic heterocycles. The Labute approximate surface area is 169 Å². The maximum absolute atomic E-state index is 12.4. The van der Waals surface area contributed by atoms with Gasteiger partial charge in [-0.15, -0.1) is 0 Å². The van der Waals surface area contributed by atoms with Crippen LogP contribution in [0.2, 0.25) is 0 Å². The monoisotopic (exact) mass is 393 g/mol. The summed E-state index contributed by atoms with van der Waals surface area (Å²) in [6.45, 7) is 3.65. The fourth-order valence-corrected chi connectivity index (χ4v) is 3.32. The lowest BCUT2D eigenvalue weighted by atomic mass is 10.0. The van der Waals surface area contributed by atoms with E-state index in [4.69, 9.17) is 14.2 Å². The van der Waals surface area contributed by atoms with Gasteiger partial charge in [0.2, 0.25) is 0 Å². The second-order valence-corrected chi connectivity index (χ2v) is 6.72. The van der Waals surface area contributed by atoms with E-state index in [1.165, 1.54) is 7.11 Å². The second kappa shape index (κ2) is 8.73. The van der Waals surface area contributed by atoms with E-state index in [9.17, 15) is 9.59 Å². The molecule has 0 radical (unpaired) electrons. The summed E-state index contributed by atoms with van der Waals surface area (Å²) in [6.07, 6.45) is 0.0605. The first-order chi connectivity index (χ1) is 13.9. The van der Waals surface area contributed by atoms with Crippen LogP contribution in [0.1, 0.15) is 32.7 Å². The molecule has 150 valence electrons. The molecule has 0 fully saturated rings. The Morgan fingerprint density at radius 1 is 1.03 bits per heavy atom. The number of pyridine rings is 1. The third-order valence-corrected chi connectivity index (χ3v) is 4.76. The maximum atomic E-state index is 12.4. The smallest absolute Gasteiger partial charge is 0.340 e. The number of hydrogen-bond acceptors (Lipinski definition) is 6. The molecular formula is C23H23NO5. The summed E-state index contributed by atoms with van der Waals surface area (Å²) >= 11 is 0. The number of hydrogen-bond donors (Lipinski definition) is 0. The third kappa shape index (κ3) is 4.37. The molecule has 0 aliphatic rings. The summed E-state index contributed by atoms with van der Waals surface area (Å²) in [6, 6.07) is 13.1. The van der Waals surface area contributed by atoms with Gasteiger partial charge in [0.15, 0.2) is 0 Å². The van der Waals surface area contributed by atoms with Crippen molar-refractivity contribution in [3.63, 3.8) is 0 Å². The number of fused-ring (bicyclic) bond motifs is 1.